The average molecular weight is 309 g/mol. The van der Waals surface area contributed by atoms with Crippen LogP contribution in [0.3, 0.4) is 0 Å². The summed E-state index contributed by atoms with van der Waals surface area (Å²) in [6.45, 7) is 6.13. The summed E-state index contributed by atoms with van der Waals surface area (Å²) in [5.74, 6) is -0.284. The molecule has 1 heterocycles. The maximum atomic E-state index is 13.4. The summed E-state index contributed by atoms with van der Waals surface area (Å²) >= 11 is 1.97. The van der Waals surface area contributed by atoms with Gasteiger partial charge in [0.1, 0.15) is 5.82 Å². The van der Waals surface area contributed by atoms with E-state index in [1.165, 1.54) is 18.2 Å². The molecule has 2 unspecified atom stereocenters. The molecule has 1 aliphatic heterocycles. The number of carboxylic acid groups (broad SMARTS) is 1. The van der Waals surface area contributed by atoms with Crippen molar-refractivity contribution in [1.82, 2.24) is 4.90 Å². The third-order valence-corrected chi connectivity index (χ3v) is 5.24. The molecule has 1 N–H and O–H groups in total. The lowest BCUT2D eigenvalue weighted by Gasteiger charge is -2.37. The van der Waals surface area contributed by atoms with Gasteiger partial charge >= 0.3 is 5.97 Å². The van der Waals surface area contributed by atoms with Gasteiger partial charge in [-0.1, -0.05) is 13.0 Å². The predicted octanol–water partition coefficient (Wildman–Crippen LogP) is 3.25. The summed E-state index contributed by atoms with van der Waals surface area (Å²) in [5, 5.41) is 9.31. The van der Waals surface area contributed by atoms with E-state index in [0.29, 0.717) is 23.4 Å². The zero-order valence-corrected chi connectivity index (χ0v) is 13.1. The molecule has 1 aromatic carbocycles. The van der Waals surface area contributed by atoms with Crippen molar-refractivity contribution in [2.75, 3.05) is 12.3 Å². The maximum absolute atomic E-state index is 13.4. The molecule has 0 spiro atoms. The van der Waals surface area contributed by atoms with Crippen LogP contribution in [0.5, 0.6) is 0 Å². The highest BCUT2D eigenvalue weighted by atomic mass is 32.2. The standard InChI is InChI=1S/C16H20FNO2S/c1-11-12(2)21-8-7-18(11)10-14-3-5-15(17)9-13(14)4-6-16(19)20/h3-6,9,11-12H,7-8,10H2,1-2H3,(H,19,20)/b6-4+. The fraction of sp³-hybridized carbons (Fsp3) is 0.438. The van der Waals surface area contributed by atoms with Gasteiger partial charge in [-0.25, -0.2) is 9.18 Å². The second kappa shape index (κ2) is 7.09. The fourth-order valence-electron chi connectivity index (χ4n) is 2.46. The van der Waals surface area contributed by atoms with Gasteiger partial charge in [-0.3, -0.25) is 4.90 Å². The van der Waals surface area contributed by atoms with Crippen LogP contribution in [0.15, 0.2) is 24.3 Å². The van der Waals surface area contributed by atoms with Crippen LogP contribution in [-0.2, 0) is 11.3 Å². The summed E-state index contributed by atoms with van der Waals surface area (Å²) in [4.78, 5) is 13.0. The third kappa shape index (κ3) is 4.32. The minimum absolute atomic E-state index is 0.348. The maximum Gasteiger partial charge on any atom is 0.328 e. The summed E-state index contributed by atoms with van der Waals surface area (Å²) in [7, 11) is 0. The first-order chi connectivity index (χ1) is 9.97. The van der Waals surface area contributed by atoms with Gasteiger partial charge < -0.3 is 5.11 Å². The van der Waals surface area contributed by atoms with Crippen molar-refractivity contribution < 1.29 is 14.3 Å². The first kappa shape index (κ1) is 16.0. The number of rotatable bonds is 4. The smallest absolute Gasteiger partial charge is 0.328 e. The van der Waals surface area contributed by atoms with Gasteiger partial charge in [0, 0.05) is 36.2 Å². The number of hydrogen-bond acceptors (Lipinski definition) is 3. The molecule has 3 nitrogen and oxygen atoms in total. The average Bonchev–Trinajstić information content (AvgIpc) is 2.43. The van der Waals surface area contributed by atoms with Crippen LogP contribution in [0.25, 0.3) is 6.08 Å². The van der Waals surface area contributed by atoms with E-state index in [4.69, 9.17) is 5.11 Å². The zero-order chi connectivity index (χ0) is 15.4. The Morgan fingerprint density at radius 1 is 1.52 bits per heavy atom. The molecule has 2 atom stereocenters. The third-order valence-electron chi connectivity index (χ3n) is 3.90. The molecule has 0 aromatic heterocycles. The summed E-state index contributed by atoms with van der Waals surface area (Å²) in [6, 6.07) is 5.02. The number of halogens is 1. The summed E-state index contributed by atoms with van der Waals surface area (Å²) in [5.41, 5.74) is 1.59. The molecule has 0 aliphatic carbocycles. The molecule has 1 aliphatic rings. The Morgan fingerprint density at radius 3 is 3.00 bits per heavy atom. The second-order valence-electron chi connectivity index (χ2n) is 5.30. The van der Waals surface area contributed by atoms with Gasteiger partial charge in [-0.15, -0.1) is 0 Å². The van der Waals surface area contributed by atoms with E-state index >= 15 is 0 Å². The Balaban J connectivity index is 2.20. The van der Waals surface area contributed by atoms with E-state index in [9.17, 15) is 9.18 Å². The lowest BCUT2D eigenvalue weighted by atomic mass is 10.0. The molecule has 0 saturated carbocycles. The molecule has 21 heavy (non-hydrogen) atoms. The van der Waals surface area contributed by atoms with E-state index in [0.717, 1.165) is 23.9 Å². The van der Waals surface area contributed by atoms with Gasteiger partial charge in [0.05, 0.1) is 0 Å². The number of carbonyl (C=O) groups is 1. The lowest BCUT2D eigenvalue weighted by molar-refractivity contribution is -0.131. The van der Waals surface area contributed by atoms with Crippen molar-refractivity contribution >= 4 is 23.8 Å². The highest BCUT2D eigenvalue weighted by molar-refractivity contribution is 8.00. The molecule has 1 saturated heterocycles. The first-order valence-electron chi connectivity index (χ1n) is 7.02. The molecule has 1 aromatic rings. The number of aliphatic carboxylic acids is 1. The van der Waals surface area contributed by atoms with E-state index in [-0.39, 0.29) is 5.82 Å². The van der Waals surface area contributed by atoms with Crippen molar-refractivity contribution in [3.8, 4) is 0 Å². The molecule has 114 valence electrons. The van der Waals surface area contributed by atoms with Gasteiger partial charge in [-0.05, 0) is 36.3 Å². The highest BCUT2D eigenvalue weighted by Crippen LogP contribution is 2.26. The normalized spacial score (nSPS) is 23.6. The van der Waals surface area contributed by atoms with E-state index in [1.807, 2.05) is 11.8 Å². The Labute approximate surface area is 128 Å². The van der Waals surface area contributed by atoms with E-state index in [1.54, 1.807) is 6.07 Å². The lowest BCUT2D eigenvalue weighted by Crippen LogP contribution is -2.44. The Morgan fingerprint density at radius 2 is 2.29 bits per heavy atom. The van der Waals surface area contributed by atoms with Gasteiger partial charge in [0.2, 0.25) is 0 Å². The number of hydrogen-bond donors (Lipinski definition) is 1. The Kier molecular flexibility index (Phi) is 5.42. The minimum Gasteiger partial charge on any atom is -0.478 e. The fourth-order valence-corrected chi connectivity index (χ4v) is 3.63. The molecule has 5 heteroatoms. The first-order valence-corrected chi connectivity index (χ1v) is 8.07. The number of carboxylic acids is 1. The Bertz CT molecular complexity index is 547. The SMILES string of the molecule is CC1SCCN(Cc2ccc(F)cc2/C=C/C(=O)O)C1C. The van der Waals surface area contributed by atoms with E-state index < -0.39 is 5.97 Å². The monoisotopic (exact) mass is 309 g/mol. The van der Waals surface area contributed by atoms with Crippen LogP contribution in [0.2, 0.25) is 0 Å². The molecular formula is C16H20FNO2S. The van der Waals surface area contributed by atoms with E-state index in [2.05, 4.69) is 18.7 Å². The molecule has 0 radical (unpaired) electrons. The predicted molar refractivity (Wildman–Crippen MR) is 84.9 cm³/mol. The molecule has 0 bridgehead atoms. The zero-order valence-electron chi connectivity index (χ0n) is 12.3. The molecular weight excluding hydrogens is 289 g/mol. The highest BCUT2D eigenvalue weighted by Gasteiger charge is 2.25. The largest absolute Gasteiger partial charge is 0.478 e. The van der Waals surface area contributed by atoms with Gasteiger partial charge in [0.15, 0.2) is 0 Å². The van der Waals surface area contributed by atoms with Gasteiger partial charge in [0.25, 0.3) is 0 Å². The van der Waals surface area contributed by atoms with Crippen LogP contribution in [0, 0.1) is 5.82 Å². The Hall–Kier alpha value is -1.33. The summed E-state index contributed by atoms with van der Waals surface area (Å²) in [6.07, 6.45) is 2.52. The topological polar surface area (TPSA) is 40.5 Å². The van der Waals surface area contributed by atoms with Crippen LogP contribution < -0.4 is 0 Å². The van der Waals surface area contributed by atoms with Crippen molar-refractivity contribution in [2.24, 2.45) is 0 Å². The van der Waals surface area contributed by atoms with Crippen molar-refractivity contribution in [3.05, 3.63) is 41.2 Å². The second-order valence-corrected chi connectivity index (χ2v) is 6.79. The molecule has 2 rings (SSSR count). The van der Waals surface area contributed by atoms with Gasteiger partial charge in [-0.2, -0.15) is 11.8 Å². The molecule has 0 amide bonds. The number of nitrogens with zero attached hydrogens (tertiary/aromatic N) is 1. The quantitative estimate of drug-likeness (QED) is 0.867. The van der Waals surface area contributed by atoms with Crippen molar-refractivity contribution in [1.29, 1.82) is 0 Å². The van der Waals surface area contributed by atoms with Crippen LogP contribution in [0.4, 0.5) is 4.39 Å². The number of thioether (sulfide) groups is 1. The summed E-state index contributed by atoms with van der Waals surface area (Å²) < 4.78 is 13.4. The van der Waals surface area contributed by atoms with Crippen LogP contribution >= 0.6 is 11.8 Å². The minimum atomic E-state index is -1.03. The number of benzene rings is 1. The van der Waals surface area contributed by atoms with Crippen LogP contribution in [0.1, 0.15) is 25.0 Å². The van der Waals surface area contributed by atoms with Crippen LogP contribution in [-0.4, -0.2) is 39.6 Å². The molecule has 1 fully saturated rings. The van der Waals surface area contributed by atoms with Crippen molar-refractivity contribution in [2.45, 2.75) is 31.7 Å². The van der Waals surface area contributed by atoms with Crippen molar-refractivity contribution in [3.63, 3.8) is 0 Å².